The SMILES string of the molecule is C#Cc1cnc2c(C)c(F)c(OC(C)(S)C(=O)NC(C)(C)C)cc2c1. The minimum Gasteiger partial charge on any atom is -0.464 e. The van der Waals surface area contributed by atoms with Gasteiger partial charge in [-0.05, 0) is 46.8 Å². The number of carbonyl (C=O) groups is 1. The van der Waals surface area contributed by atoms with Crippen molar-refractivity contribution < 1.29 is 13.9 Å². The van der Waals surface area contributed by atoms with Gasteiger partial charge in [0.15, 0.2) is 11.6 Å². The smallest absolute Gasteiger partial charge is 0.274 e. The lowest BCUT2D eigenvalue weighted by molar-refractivity contribution is -0.130. The summed E-state index contributed by atoms with van der Waals surface area (Å²) in [7, 11) is 0. The molecule has 1 unspecified atom stereocenters. The third-order valence-electron chi connectivity index (χ3n) is 3.49. The topological polar surface area (TPSA) is 51.2 Å². The number of nitrogens with zero attached hydrogens (tertiary/aromatic N) is 1. The maximum Gasteiger partial charge on any atom is 0.274 e. The summed E-state index contributed by atoms with van der Waals surface area (Å²) in [4.78, 5) is 15.0. The molecular weight excluding hydrogens is 339 g/mol. The fraction of sp³-hybridized carbons (Fsp3) is 0.368. The second kappa shape index (κ2) is 6.57. The molecule has 0 aliphatic rings. The van der Waals surface area contributed by atoms with Crippen molar-refractivity contribution in [1.82, 2.24) is 10.3 Å². The molecule has 1 aromatic carbocycles. The van der Waals surface area contributed by atoms with E-state index in [1.807, 2.05) is 20.8 Å². The number of carbonyl (C=O) groups excluding carboxylic acids is 1. The molecule has 6 heteroatoms. The van der Waals surface area contributed by atoms with Gasteiger partial charge >= 0.3 is 0 Å². The van der Waals surface area contributed by atoms with E-state index in [0.717, 1.165) is 0 Å². The maximum atomic E-state index is 14.7. The van der Waals surface area contributed by atoms with Crippen molar-refractivity contribution in [3.8, 4) is 18.1 Å². The molecule has 4 nitrogen and oxygen atoms in total. The number of fused-ring (bicyclic) bond motifs is 1. The predicted molar refractivity (Wildman–Crippen MR) is 100 cm³/mol. The molecule has 2 aromatic rings. The fourth-order valence-electron chi connectivity index (χ4n) is 2.27. The van der Waals surface area contributed by atoms with Crippen LogP contribution in [-0.2, 0) is 4.79 Å². The molecule has 0 saturated carbocycles. The lowest BCUT2D eigenvalue weighted by Gasteiger charge is -2.29. The highest BCUT2D eigenvalue weighted by Crippen LogP contribution is 2.32. The Hall–Kier alpha value is -2.26. The van der Waals surface area contributed by atoms with E-state index in [-0.39, 0.29) is 5.75 Å². The summed E-state index contributed by atoms with van der Waals surface area (Å²) in [6.45, 7) is 8.57. The van der Waals surface area contributed by atoms with Crippen LogP contribution in [0.2, 0.25) is 0 Å². The number of pyridine rings is 1. The van der Waals surface area contributed by atoms with Gasteiger partial charge in [0.2, 0.25) is 4.93 Å². The molecule has 0 radical (unpaired) electrons. The number of hydrogen-bond donors (Lipinski definition) is 2. The third kappa shape index (κ3) is 4.23. The van der Waals surface area contributed by atoms with Crippen molar-refractivity contribution in [2.45, 2.75) is 45.1 Å². The number of ether oxygens (including phenoxy) is 1. The average Bonchev–Trinajstić information content (AvgIpc) is 2.50. The van der Waals surface area contributed by atoms with E-state index in [4.69, 9.17) is 11.2 Å². The number of rotatable bonds is 3. The molecule has 1 N–H and O–H groups in total. The predicted octanol–water partition coefficient (Wildman–Crippen LogP) is 3.60. The van der Waals surface area contributed by atoms with Gasteiger partial charge in [0.25, 0.3) is 5.91 Å². The van der Waals surface area contributed by atoms with Crippen molar-refractivity contribution in [2.24, 2.45) is 0 Å². The van der Waals surface area contributed by atoms with Crippen LogP contribution in [0.1, 0.15) is 38.8 Å². The Kier molecular flexibility index (Phi) is 5.01. The van der Waals surface area contributed by atoms with E-state index >= 15 is 0 Å². The van der Waals surface area contributed by atoms with Crippen LogP contribution in [0.3, 0.4) is 0 Å². The largest absolute Gasteiger partial charge is 0.464 e. The van der Waals surface area contributed by atoms with Gasteiger partial charge in [0.1, 0.15) is 0 Å². The molecule has 2 rings (SSSR count). The van der Waals surface area contributed by atoms with E-state index in [0.29, 0.717) is 22.0 Å². The Bertz CT molecular complexity index is 880. The molecule has 1 aromatic heterocycles. The van der Waals surface area contributed by atoms with E-state index < -0.39 is 22.2 Å². The quantitative estimate of drug-likeness (QED) is 0.500. The number of aryl methyl sites for hydroxylation is 1. The fourth-order valence-corrected chi connectivity index (χ4v) is 2.42. The van der Waals surface area contributed by atoms with Crippen LogP contribution in [0.15, 0.2) is 18.3 Å². The summed E-state index contributed by atoms with van der Waals surface area (Å²) in [6.07, 6.45) is 6.90. The van der Waals surface area contributed by atoms with Crippen LogP contribution >= 0.6 is 12.6 Å². The van der Waals surface area contributed by atoms with Crippen molar-refractivity contribution >= 4 is 29.4 Å². The molecule has 1 amide bonds. The van der Waals surface area contributed by atoms with E-state index in [2.05, 4.69) is 28.8 Å². The highest BCUT2D eigenvalue weighted by Gasteiger charge is 2.34. The molecule has 0 spiro atoms. The normalized spacial score (nSPS) is 13.8. The third-order valence-corrected chi connectivity index (χ3v) is 3.78. The lowest BCUT2D eigenvalue weighted by atomic mass is 10.1. The molecule has 0 fully saturated rings. The highest BCUT2D eigenvalue weighted by atomic mass is 32.1. The van der Waals surface area contributed by atoms with E-state index in [9.17, 15) is 9.18 Å². The summed E-state index contributed by atoms with van der Waals surface area (Å²) in [5.41, 5.74) is 0.914. The number of thiol groups is 1. The number of aromatic nitrogens is 1. The first-order chi connectivity index (χ1) is 11.4. The molecule has 0 aliphatic heterocycles. The summed E-state index contributed by atoms with van der Waals surface area (Å²) < 4.78 is 20.3. The minimum absolute atomic E-state index is 0.0810. The number of halogens is 1. The highest BCUT2D eigenvalue weighted by molar-refractivity contribution is 7.82. The first-order valence-corrected chi connectivity index (χ1v) is 8.19. The van der Waals surface area contributed by atoms with Gasteiger partial charge in [-0.15, -0.1) is 19.1 Å². The second-order valence-corrected chi connectivity index (χ2v) is 7.90. The monoisotopic (exact) mass is 360 g/mol. The maximum absolute atomic E-state index is 14.7. The zero-order chi connectivity index (χ0) is 19.0. The van der Waals surface area contributed by atoms with Crippen LogP contribution < -0.4 is 10.1 Å². The molecule has 0 saturated heterocycles. The van der Waals surface area contributed by atoms with Gasteiger partial charge in [0, 0.05) is 28.2 Å². The van der Waals surface area contributed by atoms with Gasteiger partial charge < -0.3 is 10.1 Å². The molecule has 1 heterocycles. The number of amides is 1. The van der Waals surface area contributed by atoms with Crippen LogP contribution in [0, 0.1) is 25.1 Å². The Labute approximate surface area is 152 Å². The zero-order valence-electron chi connectivity index (χ0n) is 14.9. The lowest BCUT2D eigenvalue weighted by Crippen LogP contribution is -2.51. The zero-order valence-corrected chi connectivity index (χ0v) is 15.8. The summed E-state index contributed by atoms with van der Waals surface area (Å²) >= 11 is 4.27. The van der Waals surface area contributed by atoms with Gasteiger partial charge in [0.05, 0.1) is 5.52 Å². The summed E-state index contributed by atoms with van der Waals surface area (Å²) in [6, 6.07) is 3.19. The molecule has 1 atom stereocenters. The Morgan fingerprint density at radius 3 is 2.56 bits per heavy atom. The van der Waals surface area contributed by atoms with Crippen LogP contribution in [0.5, 0.6) is 5.75 Å². The van der Waals surface area contributed by atoms with Crippen LogP contribution in [-0.4, -0.2) is 21.4 Å². The van der Waals surface area contributed by atoms with Crippen molar-refractivity contribution in [1.29, 1.82) is 0 Å². The molecular formula is C19H21FN2O2S. The standard InChI is InChI=1S/C19H21FN2O2S/c1-7-12-8-13-9-14(15(20)11(2)16(13)21-10-12)24-19(6,25)17(23)22-18(3,4)5/h1,8-10,25H,2-6H3,(H,22,23). The minimum atomic E-state index is -1.55. The molecule has 25 heavy (non-hydrogen) atoms. The Morgan fingerprint density at radius 2 is 2.00 bits per heavy atom. The number of terminal acetylenes is 1. The second-order valence-electron chi connectivity index (χ2n) is 7.04. The van der Waals surface area contributed by atoms with Gasteiger partial charge in [-0.3, -0.25) is 9.78 Å². The van der Waals surface area contributed by atoms with Gasteiger partial charge in [-0.1, -0.05) is 5.92 Å². The Morgan fingerprint density at radius 1 is 1.36 bits per heavy atom. The van der Waals surface area contributed by atoms with Crippen LogP contribution in [0.25, 0.3) is 10.9 Å². The van der Waals surface area contributed by atoms with Crippen molar-refractivity contribution in [3.63, 3.8) is 0 Å². The first-order valence-electron chi connectivity index (χ1n) is 7.74. The summed E-state index contributed by atoms with van der Waals surface area (Å²) in [5, 5.41) is 3.40. The van der Waals surface area contributed by atoms with E-state index in [1.54, 1.807) is 13.0 Å². The number of nitrogens with one attached hydrogen (secondary N) is 1. The van der Waals surface area contributed by atoms with Crippen molar-refractivity contribution in [3.05, 3.63) is 35.3 Å². The van der Waals surface area contributed by atoms with E-state index in [1.165, 1.54) is 19.2 Å². The number of hydrogen-bond acceptors (Lipinski definition) is 4. The van der Waals surface area contributed by atoms with Crippen molar-refractivity contribution in [2.75, 3.05) is 0 Å². The molecule has 0 aliphatic carbocycles. The van der Waals surface area contributed by atoms with Gasteiger partial charge in [-0.25, -0.2) is 4.39 Å². The Balaban J connectivity index is 2.45. The first kappa shape index (κ1) is 19.1. The summed E-state index contributed by atoms with van der Waals surface area (Å²) in [5.74, 6) is 1.36. The average molecular weight is 360 g/mol. The molecule has 0 bridgehead atoms. The molecule has 132 valence electrons. The number of benzene rings is 1. The van der Waals surface area contributed by atoms with Crippen LogP contribution in [0.4, 0.5) is 4.39 Å². The van der Waals surface area contributed by atoms with Gasteiger partial charge in [-0.2, -0.15) is 0 Å².